The Morgan fingerprint density at radius 1 is 1.00 bits per heavy atom. The van der Waals surface area contributed by atoms with E-state index in [2.05, 4.69) is 37.4 Å². The molecule has 0 aliphatic heterocycles. The molecule has 24 heavy (non-hydrogen) atoms. The molecule has 2 aromatic carbocycles. The highest BCUT2D eigenvalue weighted by atomic mass is 16.5. The number of benzene rings is 2. The molecule has 1 N–H and O–H groups in total. The van der Waals surface area contributed by atoms with Crippen LogP contribution in [0.5, 0.6) is 5.75 Å². The van der Waals surface area contributed by atoms with Crippen LogP contribution >= 0.6 is 0 Å². The van der Waals surface area contributed by atoms with Gasteiger partial charge in [0.1, 0.15) is 5.75 Å². The molecule has 0 radical (unpaired) electrons. The molecule has 0 heterocycles. The van der Waals surface area contributed by atoms with Crippen molar-refractivity contribution in [1.82, 2.24) is 5.32 Å². The van der Waals surface area contributed by atoms with Gasteiger partial charge in [-0.25, -0.2) is 0 Å². The van der Waals surface area contributed by atoms with Crippen molar-refractivity contribution in [3.8, 4) is 5.75 Å². The number of hydrogen-bond donors (Lipinski definition) is 1. The van der Waals surface area contributed by atoms with E-state index in [0.29, 0.717) is 6.54 Å². The Bertz CT molecular complexity index is 707. The molecule has 2 rings (SSSR count). The predicted molar refractivity (Wildman–Crippen MR) is 98.5 cm³/mol. The van der Waals surface area contributed by atoms with Crippen molar-refractivity contribution >= 4 is 5.91 Å². The zero-order chi connectivity index (χ0) is 17.5. The maximum Gasteiger partial charge on any atom is 0.258 e. The molecule has 0 aliphatic carbocycles. The average molecular weight is 325 g/mol. The first kappa shape index (κ1) is 18.1. The van der Waals surface area contributed by atoms with Crippen LogP contribution in [0.2, 0.25) is 0 Å². The second-order valence-corrected chi connectivity index (χ2v) is 6.14. The maximum absolute atomic E-state index is 12.1. The zero-order valence-electron chi connectivity index (χ0n) is 15.1. The van der Waals surface area contributed by atoms with Crippen LogP contribution in [-0.2, 0) is 24.2 Å². The average Bonchev–Trinajstić information content (AvgIpc) is 2.60. The van der Waals surface area contributed by atoms with Gasteiger partial charge in [0.05, 0.1) is 0 Å². The van der Waals surface area contributed by atoms with E-state index in [1.54, 1.807) is 0 Å². The van der Waals surface area contributed by atoms with E-state index in [4.69, 9.17) is 4.74 Å². The molecule has 0 fully saturated rings. The van der Waals surface area contributed by atoms with E-state index in [-0.39, 0.29) is 12.5 Å². The Morgan fingerprint density at radius 2 is 1.79 bits per heavy atom. The topological polar surface area (TPSA) is 38.3 Å². The Labute approximate surface area is 145 Å². The summed E-state index contributed by atoms with van der Waals surface area (Å²) < 4.78 is 5.66. The van der Waals surface area contributed by atoms with E-state index >= 15 is 0 Å². The summed E-state index contributed by atoms with van der Waals surface area (Å²) in [4.78, 5) is 12.1. The number of hydrogen-bond acceptors (Lipinski definition) is 2. The van der Waals surface area contributed by atoms with Gasteiger partial charge in [0.15, 0.2) is 6.61 Å². The minimum Gasteiger partial charge on any atom is -0.483 e. The third-order valence-electron chi connectivity index (χ3n) is 4.24. The Kier molecular flexibility index (Phi) is 6.42. The van der Waals surface area contributed by atoms with Crippen LogP contribution in [0, 0.1) is 13.8 Å². The van der Waals surface area contributed by atoms with E-state index < -0.39 is 0 Å². The van der Waals surface area contributed by atoms with E-state index in [9.17, 15) is 4.79 Å². The minimum atomic E-state index is -0.0974. The summed E-state index contributed by atoms with van der Waals surface area (Å²) in [5, 5.41) is 2.97. The Balaban J connectivity index is 1.92. The fraction of sp³-hybridized carbons (Fsp3) is 0.381. The SMILES string of the molecule is CCc1ccc(CC)c(CNC(=O)COc2cc(C)ccc2C)c1. The van der Waals surface area contributed by atoms with Crippen molar-refractivity contribution in [3.05, 3.63) is 64.2 Å². The first-order valence-corrected chi connectivity index (χ1v) is 8.60. The summed E-state index contributed by atoms with van der Waals surface area (Å²) in [5.74, 6) is 0.673. The van der Waals surface area contributed by atoms with Gasteiger partial charge in [-0.15, -0.1) is 0 Å². The molecule has 0 atom stereocenters. The van der Waals surface area contributed by atoms with Gasteiger partial charge < -0.3 is 10.1 Å². The third kappa shape index (κ3) is 4.85. The number of nitrogens with one attached hydrogen (secondary N) is 1. The summed E-state index contributed by atoms with van der Waals surface area (Å²) in [6.07, 6.45) is 1.97. The molecule has 0 saturated heterocycles. The first-order valence-electron chi connectivity index (χ1n) is 8.60. The van der Waals surface area contributed by atoms with Gasteiger partial charge in [-0.2, -0.15) is 0 Å². The van der Waals surface area contributed by atoms with Gasteiger partial charge in [0.25, 0.3) is 5.91 Å². The van der Waals surface area contributed by atoms with Crippen molar-refractivity contribution in [2.45, 2.75) is 47.1 Å². The normalized spacial score (nSPS) is 10.5. The highest BCUT2D eigenvalue weighted by Gasteiger charge is 2.07. The highest BCUT2D eigenvalue weighted by Crippen LogP contribution is 2.19. The molecule has 3 heteroatoms. The lowest BCUT2D eigenvalue weighted by Crippen LogP contribution is -2.29. The van der Waals surface area contributed by atoms with Gasteiger partial charge in [-0.1, -0.05) is 44.2 Å². The van der Waals surface area contributed by atoms with E-state index in [1.165, 1.54) is 16.7 Å². The minimum absolute atomic E-state index is 0.0409. The standard InChI is InChI=1S/C21H27NO2/c1-5-17-9-10-18(6-2)19(12-17)13-22-21(23)14-24-20-11-15(3)7-8-16(20)4/h7-12H,5-6,13-14H2,1-4H3,(H,22,23). The molecule has 0 unspecified atom stereocenters. The Hall–Kier alpha value is -2.29. The molecule has 0 aliphatic rings. The summed E-state index contributed by atoms with van der Waals surface area (Å²) in [7, 11) is 0. The summed E-state index contributed by atoms with van der Waals surface area (Å²) in [6, 6.07) is 12.5. The van der Waals surface area contributed by atoms with Gasteiger partial charge >= 0.3 is 0 Å². The molecule has 2 aromatic rings. The van der Waals surface area contributed by atoms with Crippen LogP contribution in [0.3, 0.4) is 0 Å². The Morgan fingerprint density at radius 3 is 2.50 bits per heavy atom. The lowest BCUT2D eigenvalue weighted by molar-refractivity contribution is -0.123. The number of carbonyl (C=O) groups is 1. The van der Waals surface area contributed by atoms with Crippen LogP contribution in [0.1, 0.15) is 41.7 Å². The smallest absolute Gasteiger partial charge is 0.258 e. The van der Waals surface area contributed by atoms with Crippen LogP contribution in [0.15, 0.2) is 36.4 Å². The maximum atomic E-state index is 12.1. The monoisotopic (exact) mass is 325 g/mol. The van der Waals surface area contributed by atoms with Crippen LogP contribution < -0.4 is 10.1 Å². The van der Waals surface area contributed by atoms with Gasteiger partial charge in [0.2, 0.25) is 0 Å². The summed E-state index contributed by atoms with van der Waals surface area (Å²) in [6.45, 7) is 8.86. The molecule has 0 spiro atoms. The third-order valence-corrected chi connectivity index (χ3v) is 4.24. The zero-order valence-corrected chi connectivity index (χ0v) is 15.1. The predicted octanol–water partition coefficient (Wildman–Crippen LogP) is 4.12. The number of ether oxygens (including phenoxy) is 1. The largest absolute Gasteiger partial charge is 0.483 e. The fourth-order valence-electron chi connectivity index (χ4n) is 2.66. The van der Waals surface area contributed by atoms with Crippen molar-refractivity contribution in [1.29, 1.82) is 0 Å². The van der Waals surface area contributed by atoms with Gasteiger partial charge in [-0.05, 0) is 60.6 Å². The lowest BCUT2D eigenvalue weighted by Gasteiger charge is -2.13. The number of aryl methyl sites for hydroxylation is 4. The molecular formula is C21H27NO2. The van der Waals surface area contributed by atoms with Gasteiger partial charge in [-0.3, -0.25) is 4.79 Å². The fourth-order valence-corrected chi connectivity index (χ4v) is 2.66. The van der Waals surface area contributed by atoms with Gasteiger partial charge in [0, 0.05) is 6.54 Å². The molecular weight excluding hydrogens is 298 g/mol. The molecule has 128 valence electrons. The van der Waals surface area contributed by atoms with E-state index in [1.807, 2.05) is 32.0 Å². The van der Waals surface area contributed by atoms with Crippen molar-refractivity contribution < 1.29 is 9.53 Å². The first-order chi connectivity index (χ1) is 11.5. The molecule has 0 aromatic heterocycles. The second-order valence-electron chi connectivity index (χ2n) is 6.14. The van der Waals surface area contributed by atoms with Crippen LogP contribution in [-0.4, -0.2) is 12.5 Å². The molecule has 0 saturated carbocycles. The molecule has 3 nitrogen and oxygen atoms in total. The van der Waals surface area contributed by atoms with E-state index in [0.717, 1.165) is 29.7 Å². The number of carbonyl (C=O) groups excluding carboxylic acids is 1. The van der Waals surface area contributed by atoms with Crippen molar-refractivity contribution in [3.63, 3.8) is 0 Å². The molecule has 0 bridgehead atoms. The summed E-state index contributed by atoms with van der Waals surface area (Å²) >= 11 is 0. The lowest BCUT2D eigenvalue weighted by atomic mass is 10.0. The van der Waals surface area contributed by atoms with Crippen LogP contribution in [0.25, 0.3) is 0 Å². The second kappa shape index (κ2) is 8.53. The van der Waals surface area contributed by atoms with Crippen molar-refractivity contribution in [2.24, 2.45) is 0 Å². The highest BCUT2D eigenvalue weighted by molar-refractivity contribution is 5.77. The number of amides is 1. The quantitative estimate of drug-likeness (QED) is 0.831. The van der Waals surface area contributed by atoms with Crippen molar-refractivity contribution in [2.75, 3.05) is 6.61 Å². The van der Waals surface area contributed by atoms with Crippen LogP contribution in [0.4, 0.5) is 0 Å². The number of rotatable bonds is 7. The summed E-state index contributed by atoms with van der Waals surface area (Å²) in [5.41, 5.74) is 5.93. The molecule has 1 amide bonds.